The molecule has 2 rings (SSSR count). The van der Waals surface area contributed by atoms with Crippen LogP contribution in [0.25, 0.3) is 0 Å². The minimum atomic E-state index is -4.74. The maximum absolute atomic E-state index is 12.2. The van der Waals surface area contributed by atoms with Crippen molar-refractivity contribution in [1.29, 1.82) is 0 Å². The Labute approximate surface area is 136 Å². The molecule has 0 aliphatic heterocycles. The predicted octanol–water partition coefficient (Wildman–Crippen LogP) is 3.99. The highest BCUT2D eigenvalue weighted by Gasteiger charge is 2.31. The highest BCUT2D eigenvalue weighted by Crippen LogP contribution is 2.26. The fourth-order valence-corrected chi connectivity index (χ4v) is 1.97. The molecule has 0 saturated heterocycles. The van der Waals surface area contributed by atoms with E-state index in [1.807, 2.05) is 0 Å². The quantitative estimate of drug-likeness (QED) is 0.746. The second kappa shape index (κ2) is 7.72. The molecule has 0 heterocycles. The van der Waals surface area contributed by atoms with Crippen LogP contribution in [-0.2, 0) is 11.2 Å². The molecular formula is C17H15F3O4. The maximum Gasteiger partial charge on any atom is 0.573 e. The van der Waals surface area contributed by atoms with Gasteiger partial charge in [0.2, 0.25) is 0 Å². The third-order valence-electron chi connectivity index (χ3n) is 3.07. The van der Waals surface area contributed by atoms with Crippen molar-refractivity contribution in [3.8, 4) is 11.5 Å². The van der Waals surface area contributed by atoms with E-state index in [9.17, 15) is 18.0 Å². The van der Waals surface area contributed by atoms with Crippen molar-refractivity contribution in [3.05, 3.63) is 59.7 Å². The first-order chi connectivity index (χ1) is 11.4. The van der Waals surface area contributed by atoms with E-state index in [-0.39, 0.29) is 18.1 Å². The standard InChI is InChI=1S/C17H15F3O4/c1-22-16(21)13-7-5-12(6-8-13)9-10-23-14-3-2-4-15(11-14)24-17(18,19)20/h2-8,11H,9-10H2,1H3. The van der Waals surface area contributed by atoms with Crippen LogP contribution < -0.4 is 9.47 Å². The van der Waals surface area contributed by atoms with Gasteiger partial charge < -0.3 is 14.2 Å². The molecule has 0 aliphatic carbocycles. The second-order valence-corrected chi connectivity index (χ2v) is 4.81. The van der Waals surface area contributed by atoms with E-state index in [2.05, 4.69) is 9.47 Å². The van der Waals surface area contributed by atoms with Crippen molar-refractivity contribution >= 4 is 5.97 Å². The molecule has 0 fully saturated rings. The van der Waals surface area contributed by atoms with Crippen molar-refractivity contribution < 1.29 is 32.2 Å². The van der Waals surface area contributed by atoms with Gasteiger partial charge in [0, 0.05) is 12.5 Å². The van der Waals surface area contributed by atoms with Crippen molar-refractivity contribution in [2.45, 2.75) is 12.8 Å². The molecule has 0 unspecified atom stereocenters. The SMILES string of the molecule is COC(=O)c1ccc(CCOc2cccc(OC(F)(F)F)c2)cc1. The molecule has 0 atom stereocenters. The lowest BCUT2D eigenvalue weighted by Gasteiger charge is -2.11. The normalized spacial score (nSPS) is 11.0. The fourth-order valence-electron chi connectivity index (χ4n) is 1.97. The first kappa shape index (κ1) is 17.7. The molecule has 7 heteroatoms. The summed E-state index contributed by atoms with van der Waals surface area (Å²) < 4.78 is 50.4. The topological polar surface area (TPSA) is 44.8 Å². The molecule has 0 amide bonds. The summed E-state index contributed by atoms with van der Waals surface area (Å²) in [6.45, 7) is 0.271. The Morgan fingerprint density at radius 3 is 2.33 bits per heavy atom. The smallest absolute Gasteiger partial charge is 0.493 e. The van der Waals surface area contributed by atoms with Gasteiger partial charge in [-0.2, -0.15) is 0 Å². The molecule has 4 nitrogen and oxygen atoms in total. The highest BCUT2D eigenvalue weighted by molar-refractivity contribution is 5.89. The lowest BCUT2D eigenvalue weighted by Crippen LogP contribution is -2.17. The number of alkyl halides is 3. The molecule has 0 aliphatic rings. The Morgan fingerprint density at radius 1 is 1.04 bits per heavy atom. The molecule has 128 valence electrons. The zero-order chi connectivity index (χ0) is 17.6. The Morgan fingerprint density at radius 2 is 1.71 bits per heavy atom. The van der Waals surface area contributed by atoms with Crippen LogP contribution in [0.1, 0.15) is 15.9 Å². The van der Waals surface area contributed by atoms with Crippen LogP contribution >= 0.6 is 0 Å². The van der Waals surface area contributed by atoms with Gasteiger partial charge in [0.15, 0.2) is 0 Å². The Kier molecular flexibility index (Phi) is 5.68. The molecule has 0 spiro atoms. The number of carbonyl (C=O) groups excluding carboxylic acids is 1. The van der Waals surface area contributed by atoms with Gasteiger partial charge in [0.1, 0.15) is 11.5 Å². The second-order valence-electron chi connectivity index (χ2n) is 4.81. The van der Waals surface area contributed by atoms with E-state index in [4.69, 9.17) is 4.74 Å². The van der Waals surface area contributed by atoms with Crippen LogP contribution in [0.4, 0.5) is 13.2 Å². The van der Waals surface area contributed by atoms with E-state index in [1.165, 1.54) is 25.3 Å². The van der Waals surface area contributed by atoms with Gasteiger partial charge in [0.05, 0.1) is 19.3 Å². The minimum absolute atomic E-state index is 0.271. The highest BCUT2D eigenvalue weighted by atomic mass is 19.4. The molecule has 24 heavy (non-hydrogen) atoms. The summed E-state index contributed by atoms with van der Waals surface area (Å²) in [5.41, 5.74) is 1.37. The first-order valence-electron chi connectivity index (χ1n) is 7.03. The first-order valence-corrected chi connectivity index (χ1v) is 7.03. The van der Waals surface area contributed by atoms with Crippen molar-refractivity contribution in [1.82, 2.24) is 0 Å². The average Bonchev–Trinajstić information content (AvgIpc) is 2.53. The Hall–Kier alpha value is -2.70. The third kappa shape index (κ3) is 5.49. The number of esters is 1. The largest absolute Gasteiger partial charge is 0.573 e. The molecule has 0 bridgehead atoms. The van der Waals surface area contributed by atoms with E-state index in [0.717, 1.165) is 5.56 Å². The van der Waals surface area contributed by atoms with Crippen LogP contribution in [-0.4, -0.2) is 26.0 Å². The summed E-state index contributed by atoms with van der Waals surface area (Å²) in [4.78, 5) is 11.3. The maximum atomic E-state index is 12.2. The summed E-state index contributed by atoms with van der Waals surface area (Å²) in [5, 5.41) is 0. The van der Waals surface area contributed by atoms with E-state index >= 15 is 0 Å². The number of benzene rings is 2. The molecule has 2 aromatic rings. The summed E-state index contributed by atoms with van der Waals surface area (Å²) in [7, 11) is 1.31. The van der Waals surface area contributed by atoms with E-state index in [0.29, 0.717) is 12.0 Å². The van der Waals surface area contributed by atoms with Gasteiger partial charge in [0.25, 0.3) is 0 Å². The number of hydrogen-bond acceptors (Lipinski definition) is 4. The number of methoxy groups -OCH3 is 1. The summed E-state index contributed by atoms with van der Waals surface area (Å²) in [5.74, 6) is -0.468. The zero-order valence-corrected chi connectivity index (χ0v) is 12.8. The van der Waals surface area contributed by atoms with Gasteiger partial charge in [-0.1, -0.05) is 18.2 Å². The van der Waals surface area contributed by atoms with Crippen molar-refractivity contribution in [2.24, 2.45) is 0 Å². The third-order valence-corrected chi connectivity index (χ3v) is 3.07. The van der Waals surface area contributed by atoms with Crippen LogP contribution in [0.2, 0.25) is 0 Å². The van der Waals surface area contributed by atoms with Crippen molar-refractivity contribution in [2.75, 3.05) is 13.7 Å². The Bertz CT molecular complexity index is 681. The lowest BCUT2D eigenvalue weighted by molar-refractivity contribution is -0.274. The number of ether oxygens (including phenoxy) is 3. The molecule has 0 saturated carbocycles. The van der Waals surface area contributed by atoms with Gasteiger partial charge in [-0.3, -0.25) is 0 Å². The molecular weight excluding hydrogens is 325 g/mol. The average molecular weight is 340 g/mol. The molecule has 0 aromatic heterocycles. The van der Waals surface area contributed by atoms with Crippen LogP contribution in [0.15, 0.2) is 48.5 Å². The monoisotopic (exact) mass is 340 g/mol. The molecule has 0 N–H and O–H groups in total. The summed E-state index contributed by atoms with van der Waals surface area (Å²) in [6.07, 6.45) is -4.20. The fraction of sp³-hybridized carbons (Fsp3) is 0.235. The van der Waals surface area contributed by atoms with Crippen LogP contribution in [0.5, 0.6) is 11.5 Å². The number of hydrogen-bond donors (Lipinski definition) is 0. The van der Waals surface area contributed by atoms with Gasteiger partial charge in [-0.25, -0.2) is 4.79 Å². The van der Waals surface area contributed by atoms with Crippen LogP contribution in [0.3, 0.4) is 0 Å². The van der Waals surface area contributed by atoms with Gasteiger partial charge in [-0.05, 0) is 29.8 Å². The van der Waals surface area contributed by atoms with Gasteiger partial charge >= 0.3 is 12.3 Å². The van der Waals surface area contributed by atoms with E-state index in [1.54, 1.807) is 30.3 Å². The molecule has 0 radical (unpaired) electrons. The van der Waals surface area contributed by atoms with Crippen LogP contribution in [0, 0.1) is 0 Å². The van der Waals surface area contributed by atoms with Crippen molar-refractivity contribution in [3.63, 3.8) is 0 Å². The van der Waals surface area contributed by atoms with E-state index < -0.39 is 12.3 Å². The minimum Gasteiger partial charge on any atom is -0.493 e. The number of carbonyl (C=O) groups is 1. The number of halogens is 3. The zero-order valence-electron chi connectivity index (χ0n) is 12.8. The lowest BCUT2D eigenvalue weighted by atomic mass is 10.1. The summed E-state index contributed by atoms with van der Waals surface area (Å²) in [6, 6.07) is 12.1. The number of rotatable bonds is 6. The Balaban J connectivity index is 1.88. The predicted molar refractivity (Wildman–Crippen MR) is 80.1 cm³/mol. The summed E-state index contributed by atoms with van der Waals surface area (Å²) >= 11 is 0. The molecule has 2 aromatic carbocycles. The van der Waals surface area contributed by atoms with Gasteiger partial charge in [-0.15, -0.1) is 13.2 Å².